The number of nitrogens with zero attached hydrogens (tertiary/aromatic N) is 3. The van der Waals surface area contributed by atoms with Gasteiger partial charge in [-0.15, -0.1) is 0 Å². The normalized spacial score (nSPS) is 12.0. The molecule has 27 heavy (non-hydrogen) atoms. The van der Waals surface area contributed by atoms with Crippen molar-refractivity contribution in [3.05, 3.63) is 52.9 Å². The van der Waals surface area contributed by atoms with Crippen LogP contribution < -0.4 is 10.6 Å². The smallest absolute Gasteiger partial charge is 0.191 e. The molecule has 0 aliphatic carbocycles. The fraction of sp³-hybridized carbons (Fsp3) is 0.524. The molecule has 6 heteroatoms. The highest BCUT2D eigenvalue weighted by Gasteiger charge is 2.13. The number of guanidine groups is 1. The highest BCUT2D eigenvalue weighted by atomic mass is 16.5. The topological polar surface area (TPSA) is 65.7 Å². The lowest BCUT2D eigenvalue weighted by atomic mass is 9.99. The first-order chi connectivity index (χ1) is 13.0. The van der Waals surface area contributed by atoms with Gasteiger partial charge in [0.15, 0.2) is 11.7 Å². The van der Waals surface area contributed by atoms with Gasteiger partial charge < -0.3 is 20.1 Å². The highest BCUT2D eigenvalue weighted by molar-refractivity contribution is 5.79. The summed E-state index contributed by atoms with van der Waals surface area (Å²) in [5.74, 6) is 2.04. The molecule has 0 atom stereocenters. The van der Waals surface area contributed by atoms with Gasteiger partial charge in [0.05, 0.1) is 12.2 Å². The van der Waals surface area contributed by atoms with Crippen LogP contribution in [0.1, 0.15) is 55.2 Å². The van der Waals surface area contributed by atoms with Crippen LogP contribution in [0.3, 0.4) is 0 Å². The number of nitrogens with one attached hydrogen (secondary N) is 2. The molecule has 1 heterocycles. The van der Waals surface area contributed by atoms with E-state index < -0.39 is 0 Å². The number of benzene rings is 1. The van der Waals surface area contributed by atoms with Crippen molar-refractivity contribution >= 4 is 5.96 Å². The standard InChI is InChI=1S/C21H33N5O/c1-6-18(7-2)20-12-19(27-25-20)14-24-21(22-3)23-13-16-8-10-17(11-9-16)15-26(4)5/h8-12,18H,6-7,13-15H2,1-5H3,(H2,22,23,24). The molecule has 0 aliphatic rings. The zero-order valence-corrected chi connectivity index (χ0v) is 17.2. The van der Waals surface area contributed by atoms with E-state index in [-0.39, 0.29) is 0 Å². The van der Waals surface area contributed by atoms with Crippen molar-refractivity contribution < 1.29 is 4.52 Å². The van der Waals surface area contributed by atoms with Crippen LogP contribution in [0.15, 0.2) is 39.8 Å². The molecule has 2 rings (SSSR count). The molecule has 2 aromatic rings. The number of rotatable bonds is 9. The zero-order valence-electron chi connectivity index (χ0n) is 17.2. The Kier molecular flexibility index (Phi) is 8.33. The first-order valence-corrected chi connectivity index (χ1v) is 9.68. The number of aliphatic imine (C=N–C) groups is 1. The van der Waals surface area contributed by atoms with E-state index in [4.69, 9.17) is 4.52 Å². The minimum absolute atomic E-state index is 0.468. The Morgan fingerprint density at radius 1 is 1.07 bits per heavy atom. The molecule has 148 valence electrons. The van der Waals surface area contributed by atoms with Crippen LogP contribution in [-0.4, -0.2) is 37.2 Å². The Bertz CT molecular complexity index is 702. The molecule has 0 amide bonds. The van der Waals surface area contributed by atoms with Crippen LogP contribution in [0.25, 0.3) is 0 Å². The predicted octanol–water partition coefficient (Wildman–Crippen LogP) is 3.51. The van der Waals surface area contributed by atoms with Crippen LogP contribution in [0.4, 0.5) is 0 Å². The Labute approximate surface area is 163 Å². The predicted molar refractivity (Wildman–Crippen MR) is 111 cm³/mol. The van der Waals surface area contributed by atoms with E-state index in [0.29, 0.717) is 12.5 Å². The molecule has 0 radical (unpaired) electrons. The van der Waals surface area contributed by atoms with Gasteiger partial charge in [0.25, 0.3) is 0 Å². The maximum absolute atomic E-state index is 5.45. The van der Waals surface area contributed by atoms with E-state index in [2.05, 4.69) is 77.9 Å². The Morgan fingerprint density at radius 3 is 2.30 bits per heavy atom. The molecular weight excluding hydrogens is 338 g/mol. The Morgan fingerprint density at radius 2 is 1.70 bits per heavy atom. The first kappa shape index (κ1) is 21.0. The van der Waals surface area contributed by atoms with E-state index in [1.807, 2.05) is 6.07 Å². The Hall–Kier alpha value is -2.34. The van der Waals surface area contributed by atoms with Gasteiger partial charge in [0.1, 0.15) is 0 Å². The molecule has 1 aromatic carbocycles. The Balaban J connectivity index is 1.82. The minimum atomic E-state index is 0.468. The molecular formula is C21H33N5O. The third-order valence-electron chi connectivity index (χ3n) is 4.62. The molecule has 2 N–H and O–H groups in total. The molecule has 1 aromatic heterocycles. The monoisotopic (exact) mass is 371 g/mol. The summed E-state index contributed by atoms with van der Waals surface area (Å²) >= 11 is 0. The van der Waals surface area contributed by atoms with Crippen molar-refractivity contribution in [3.8, 4) is 0 Å². The van der Waals surface area contributed by atoms with Crippen molar-refractivity contribution in [1.82, 2.24) is 20.7 Å². The van der Waals surface area contributed by atoms with Crippen LogP contribution in [0.2, 0.25) is 0 Å². The fourth-order valence-corrected chi connectivity index (χ4v) is 3.02. The minimum Gasteiger partial charge on any atom is -0.359 e. The number of aromatic nitrogens is 1. The lowest BCUT2D eigenvalue weighted by molar-refractivity contribution is 0.368. The van der Waals surface area contributed by atoms with Gasteiger partial charge in [-0.25, -0.2) is 0 Å². The van der Waals surface area contributed by atoms with Crippen molar-refractivity contribution in [2.75, 3.05) is 21.1 Å². The summed E-state index contributed by atoms with van der Waals surface area (Å²) in [5.41, 5.74) is 3.57. The van der Waals surface area contributed by atoms with Gasteiger partial charge in [-0.3, -0.25) is 4.99 Å². The zero-order chi connectivity index (χ0) is 19.6. The number of hydrogen-bond acceptors (Lipinski definition) is 4. The van der Waals surface area contributed by atoms with Crippen LogP contribution in [-0.2, 0) is 19.6 Å². The van der Waals surface area contributed by atoms with E-state index in [9.17, 15) is 0 Å². The first-order valence-electron chi connectivity index (χ1n) is 9.68. The maximum Gasteiger partial charge on any atom is 0.191 e. The second-order valence-electron chi connectivity index (χ2n) is 7.07. The average molecular weight is 372 g/mol. The molecule has 0 saturated heterocycles. The van der Waals surface area contributed by atoms with E-state index in [1.165, 1.54) is 11.1 Å². The van der Waals surface area contributed by atoms with Crippen molar-refractivity contribution in [1.29, 1.82) is 0 Å². The van der Waals surface area contributed by atoms with Crippen molar-refractivity contribution in [2.24, 2.45) is 4.99 Å². The number of hydrogen-bond donors (Lipinski definition) is 2. The van der Waals surface area contributed by atoms with E-state index in [1.54, 1.807) is 7.05 Å². The van der Waals surface area contributed by atoms with Crippen LogP contribution in [0.5, 0.6) is 0 Å². The maximum atomic E-state index is 5.45. The van der Waals surface area contributed by atoms with Gasteiger partial charge >= 0.3 is 0 Å². The summed E-state index contributed by atoms with van der Waals surface area (Å²) in [4.78, 5) is 6.44. The summed E-state index contributed by atoms with van der Waals surface area (Å²) in [7, 11) is 5.92. The van der Waals surface area contributed by atoms with Crippen molar-refractivity contribution in [2.45, 2.75) is 52.2 Å². The summed E-state index contributed by atoms with van der Waals surface area (Å²) in [6, 6.07) is 10.7. The molecule has 0 spiro atoms. The lowest BCUT2D eigenvalue weighted by Crippen LogP contribution is -2.36. The average Bonchev–Trinajstić information content (AvgIpc) is 3.12. The second-order valence-corrected chi connectivity index (χ2v) is 7.07. The fourth-order valence-electron chi connectivity index (χ4n) is 3.02. The lowest BCUT2D eigenvalue weighted by Gasteiger charge is -2.12. The largest absolute Gasteiger partial charge is 0.359 e. The van der Waals surface area contributed by atoms with Gasteiger partial charge in [-0.2, -0.15) is 0 Å². The summed E-state index contributed by atoms with van der Waals surface area (Å²) in [6.45, 7) is 6.60. The van der Waals surface area contributed by atoms with Crippen LogP contribution in [0, 0.1) is 0 Å². The van der Waals surface area contributed by atoms with Gasteiger partial charge in [-0.05, 0) is 38.1 Å². The summed E-state index contributed by atoms with van der Waals surface area (Å²) in [6.07, 6.45) is 2.15. The molecule has 0 bridgehead atoms. The molecule has 6 nitrogen and oxygen atoms in total. The molecule has 0 saturated carbocycles. The highest BCUT2D eigenvalue weighted by Crippen LogP contribution is 2.22. The van der Waals surface area contributed by atoms with Crippen LogP contribution >= 0.6 is 0 Å². The third-order valence-corrected chi connectivity index (χ3v) is 4.62. The van der Waals surface area contributed by atoms with E-state index in [0.717, 1.165) is 43.3 Å². The van der Waals surface area contributed by atoms with Gasteiger partial charge in [0, 0.05) is 32.1 Å². The quantitative estimate of drug-likeness (QED) is 0.522. The molecule has 0 fully saturated rings. The molecule has 0 aliphatic heterocycles. The summed E-state index contributed by atoms with van der Waals surface area (Å²) in [5, 5.41) is 10.8. The van der Waals surface area contributed by atoms with E-state index >= 15 is 0 Å². The van der Waals surface area contributed by atoms with Gasteiger partial charge in [-0.1, -0.05) is 43.3 Å². The van der Waals surface area contributed by atoms with Gasteiger partial charge in [0.2, 0.25) is 0 Å². The third kappa shape index (κ3) is 6.71. The van der Waals surface area contributed by atoms with Crippen molar-refractivity contribution in [3.63, 3.8) is 0 Å². The second kappa shape index (κ2) is 10.7. The summed E-state index contributed by atoms with van der Waals surface area (Å²) < 4.78 is 5.45. The SMILES string of the molecule is CCC(CC)c1cc(CNC(=NC)NCc2ccc(CN(C)C)cc2)on1. The molecule has 0 unspecified atom stereocenters.